The third-order valence-corrected chi connectivity index (χ3v) is 3.96. The molecule has 0 heterocycles. The topological polar surface area (TPSA) is 0 Å². The van der Waals surface area contributed by atoms with Gasteiger partial charge < -0.3 is 0 Å². The van der Waals surface area contributed by atoms with Gasteiger partial charge in [0, 0.05) is 5.56 Å². The standard InChI is InChI=1S/C22H18F2/c1-15-3-8-18(9-4-15)19-10-5-17(6-11-19)7-12-20-21(23)13-16(2)14-22(20)24/h3-14H,1-2H3/b12-7-. The van der Waals surface area contributed by atoms with Crippen LogP contribution in [0.25, 0.3) is 23.3 Å². The van der Waals surface area contributed by atoms with Gasteiger partial charge in [-0.25, -0.2) is 8.78 Å². The molecule has 3 aromatic rings. The molecular weight excluding hydrogens is 302 g/mol. The van der Waals surface area contributed by atoms with Crippen LogP contribution < -0.4 is 0 Å². The SMILES string of the molecule is Cc1ccc(-c2ccc(/C=C\c3c(F)cc(C)cc3F)cc2)cc1. The van der Waals surface area contributed by atoms with Crippen LogP contribution in [0, 0.1) is 25.5 Å². The highest BCUT2D eigenvalue weighted by atomic mass is 19.1. The lowest BCUT2D eigenvalue weighted by Crippen LogP contribution is -1.90. The minimum Gasteiger partial charge on any atom is -0.206 e. The first-order valence-corrected chi connectivity index (χ1v) is 7.84. The summed E-state index contributed by atoms with van der Waals surface area (Å²) < 4.78 is 27.7. The normalized spacial score (nSPS) is 11.2. The van der Waals surface area contributed by atoms with E-state index in [0.29, 0.717) is 5.56 Å². The molecule has 0 bridgehead atoms. The summed E-state index contributed by atoms with van der Waals surface area (Å²) in [6.07, 6.45) is 3.20. The largest absolute Gasteiger partial charge is 0.206 e. The molecule has 3 rings (SSSR count). The van der Waals surface area contributed by atoms with Gasteiger partial charge in [0.15, 0.2) is 0 Å². The average molecular weight is 320 g/mol. The van der Waals surface area contributed by atoms with Gasteiger partial charge in [-0.2, -0.15) is 0 Å². The first-order chi connectivity index (χ1) is 11.5. The Balaban J connectivity index is 1.83. The second-order valence-electron chi connectivity index (χ2n) is 5.96. The van der Waals surface area contributed by atoms with Crippen molar-refractivity contribution in [3.8, 4) is 11.1 Å². The summed E-state index contributed by atoms with van der Waals surface area (Å²) in [6, 6.07) is 18.9. The Hall–Kier alpha value is -2.74. The van der Waals surface area contributed by atoms with Crippen molar-refractivity contribution in [2.45, 2.75) is 13.8 Å². The summed E-state index contributed by atoms with van der Waals surface area (Å²) >= 11 is 0. The van der Waals surface area contributed by atoms with E-state index < -0.39 is 11.6 Å². The zero-order chi connectivity index (χ0) is 17.1. The van der Waals surface area contributed by atoms with Crippen molar-refractivity contribution in [1.82, 2.24) is 0 Å². The van der Waals surface area contributed by atoms with Gasteiger partial charge in [-0.3, -0.25) is 0 Å². The van der Waals surface area contributed by atoms with Crippen LogP contribution in [0.2, 0.25) is 0 Å². The van der Waals surface area contributed by atoms with E-state index in [1.54, 1.807) is 13.0 Å². The molecular formula is C22H18F2. The Morgan fingerprint density at radius 1 is 0.625 bits per heavy atom. The van der Waals surface area contributed by atoms with Gasteiger partial charge in [-0.05, 0) is 54.3 Å². The third-order valence-electron chi connectivity index (χ3n) is 3.96. The summed E-state index contributed by atoms with van der Waals surface area (Å²) in [5.41, 5.74) is 4.94. The highest BCUT2D eigenvalue weighted by Gasteiger charge is 2.06. The first kappa shape index (κ1) is 16.1. The van der Waals surface area contributed by atoms with Crippen molar-refractivity contribution < 1.29 is 8.78 Å². The fraction of sp³-hybridized carbons (Fsp3) is 0.0909. The lowest BCUT2D eigenvalue weighted by molar-refractivity contribution is 0.577. The number of aryl methyl sites for hydroxylation is 2. The number of hydrogen-bond donors (Lipinski definition) is 0. The third kappa shape index (κ3) is 3.60. The molecule has 0 saturated heterocycles. The van der Waals surface area contributed by atoms with Gasteiger partial charge in [-0.1, -0.05) is 60.2 Å². The van der Waals surface area contributed by atoms with Crippen LogP contribution in [-0.4, -0.2) is 0 Å². The molecule has 0 radical (unpaired) electrons. The van der Waals surface area contributed by atoms with Crippen LogP contribution in [0.4, 0.5) is 8.78 Å². The molecule has 0 unspecified atom stereocenters. The molecule has 0 fully saturated rings. The fourth-order valence-corrected chi connectivity index (χ4v) is 2.58. The quantitative estimate of drug-likeness (QED) is 0.488. The van der Waals surface area contributed by atoms with Crippen LogP contribution in [0.3, 0.4) is 0 Å². The number of rotatable bonds is 3. The smallest absolute Gasteiger partial charge is 0.133 e. The Morgan fingerprint density at radius 2 is 1.12 bits per heavy atom. The molecule has 0 spiro atoms. The van der Waals surface area contributed by atoms with Gasteiger partial charge in [0.05, 0.1) is 0 Å². The molecule has 24 heavy (non-hydrogen) atoms. The first-order valence-electron chi connectivity index (χ1n) is 7.84. The number of benzene rings is 3. The van der Waals surface area contributed by atoms with Crippen molar-refractivity contribution >= 4 is 12.2 Å². The molecule has 0 atom stereocenters. The maximum Gasteiger partial charge on any atom is 0.133 e. The van der Waals surface area contributed by atoms with E-state index in [4.69, 9.17) is 0 Å². The highest BCUT2D eigenvalue weighted by molar-refractivity contribution is 5.72. The van der Waals surface area contributed by atoms with Gasteiger partial charge >= 0.3 is 0 Å². The van der Waals surface area contributed by atoms with E-state index in [1.807, 2.05) is 24.3 Å². The maximum atomic E-state index is 13.8. The summed E-state index contributed by atoms with van der Waals surface area (Å²) in [5.74, 6) is -1.08. The summed E-state index contributed by atoms with van der Waals surface area (Å²) in [6.45, 7) is 3.73. The molecule has 0 N–H and O–H groups in total. The Morgan fingerprint density at radius 3 is 1.67 bits per heavy atom. The van der Waals surface area contributed by atoms with Gasteiger partial charge in [0.1, 0.15) is 11.6 Å². The van der Waals surface area contributed by atoms with E-state index in [9.17, 15) is 8.78 Å². The van der Waals surface area contributed by atoms with Crippen LogP contribution in [0.1, 0.15) is 22.3 Å². The molecule has 0 amide bonds. The number of hydrogen-bond acceptors (Lipinski definition) is 0. The van der Waals surface area contributed by atoms with Gasteiger partial charge in [-0.15, -0.1) is 0 Å². The average Bonchev–Trinajstić information content (AvgIpc) is 2.55. The molecule has 2 heteroatoms. The second kappa shape index (κ2) is 6.79. The number of halogens is 2. The van der Waals surface area contributed by atoms with Crippen LogP contribution in [-0.2, 0) is 0 Å². The second-order valence-corrected chi connectivity index (χ2v) is 5.96. The monoisotopic (exact) mass is 320 g/mol. The predicted octanol–water partition coefficient (Wildman–Crippen LogP) is 6.42. The van der Waals surface area contributed by atoms with Crippen molar-refractivity contribution in [2.75, 3.05) is 0 Å². The van der Waals surface area contributed by atoms with Gasteiger partial charge in [0.2, 0.25) is 0 Å². The van der Waals surface area contributed by atoms with Gasteiger partial charge in [0.25, 0.3) is 0 Å². The lowest BCUT2D eigenvalue weighted by atomic mass is 10.0. The maximum absolute atomic E-state index is 13.8. The van der Waals surface area contributed by atoms with Crippen molar-refractivity contribution in [3.63, 3.8) is 0 Å². The summed E-state index contributed by atoms with van der Waals surface area (Å²) in [4.78, 5) is 0. The zero-order valence-electron chi connectivity index (χ0n) is 13.7. The lowest BCUT2D eigenvalue weighted by Gasteiger charge is -2.04. The van der Waals surface area contributed by atoms with Crippen LogP contribution in [0.15, 0.2) is 60.7 Å². The Kier molecular flexibility index (Phi) is 4.57. The molecule has 3 aromatic carbocycles. The van der Waals surface area contributed by atoms with E-state index in [-0.39, 0.29) is 5.56 Å². The molecule has 0 saturated carbocycles. The molecule has 120 valence electrons. The Bertz CT molecular complexity index is 850. The fourth-order valence-electron chi connectivity index (χ4n) is 2.58. The van der Waals surface area contributed by atoms with Crippen molar-refractivity contribution in [2.24, 2.45) is 0 Å². The van der Waals surface area contributed by atoms with Crippen LogP contribution in [0.5, 0.6) is 0 Å². The minimum absolute atomic E-state index is 0.0109. The van der Waals surface area contributed by atoms with Crippen LogP contribution >= 0.6 is 0 Å². The van der Waals surface area contributed by atoms with Crippen molar-refractivity contribution in [3.05, 3.63) is 94.6 Å². The summed E-state index contributed by atoms with van der Waals surface area (Å²) in [5, 5.41) is 0. The minimum atomic E-state index is -0.542. The van der Waals surface area contributed by atoms with Crippen molar-refractivity contribution in [1.29, 1.82) is 0 Å². The van der Waals surface area contributed by atoms with E-state index >= 15 is 0 Å². The van der Waals surface area contributed by atoms with E-state index in [1.165, 1.54) is 23.8 Å². The molecule has 0 nitrogen and oxygen atoms in total. The van der Waals surface area contributed by atoms with E-state index in [2.05, 4.69) is 31.2 Å². The zero-order valence-corrected chi connectivity index (χ0v) is 13.7. The summed E-state index contributed by atoms with van der Waals surface area (Å²) in [7, 11) is 0. The van der Waals surface area contributed by atoms with E-state index in [0.717, 1.165) is 16.7 Å². The molecule has 0 aliphatic carbocycles. The molecule has 0 aliphatic rings. The highest BCUT2D eigenvalue weighted by Crippen LogP contribution is 2.22. The molecule has 0 aliphatic heterocycles. The Labute approximate surface area is 141 Å². The molecule has 0 aromatic heterocycles. The predicted molar refractivity (Wildman–Crippen MR) is 96.6 cm³/mol.